The van der Waals surface area contributed by atoms with E-state index in [1.54, 1.807) is 24.3 Å². The van der Waals surface area contributed by atoms with E-state index >= 15 is 0 Å². The molecule has 4 aromatic carbocycles. The lowest BCUT2D eigenvalue weighted by Gasteiger charge is -2.26. The van der Waals surface area contributed by atoms with Crippen LogP contribution in [0.5, 0.6) is 17.2 Å². The predicted octanol–water partition coefficient (Wildman–Crippen LogP) is 6.25. The lowest BCUT2D eigenvalue weighted by molar-refractivity contribution is -0.115. The van der Waals surface area contributed by atoms with Crippen molar-refractivity contribution in [2.45, 2.75) is 44.2 Å². The van der Waals surface area contributed by atoms with Crippen molar-refractivity contribution in [1.82, 2.24) is 0 Å². The molecule has 7 nitrogen and oxygen atoms in total. The predicted molar refractivity (Wildman–Crippen MR) is 151 cm³/mol. The highest BCUT2D eigenvalue weighted by atomic mass is 16.5. The van der Waals surface area contributed by atoms with Crippen LogP contribution in [0.3, 0.4) is 0 Å². The molecule has 0 unspecified atom stereocenters. The molecule has 0 spiro atoms. The van der Waals surface area contributed by atoms with Gasteiger partial charge in [-0.2, -0.15) is 0 Å². The van der Waals surface area contributed by atoms with Gasteiger partial charge in [0, 0.05) is 6.04 Å². The van der Waals surface area contributed by atoms with E-state index in [1.807, 2.05) is 48.5 Å². The fraction of sp³-hybridized carbons (Fsp3) is 0.250. The third-order valence-electron chi connectivity index (χ3n) is 6.93. The van der Waals surface area contributed by atoms with Gasteiger partial charge in [-0.25, -0.2) is 4.79 Å². The van der Waals surface area contributed by atoms with Gasteiger partial charge in [-0.05, 0) is 90.6 Å². The average Bonchev–Trinajstić information content (AvgIpc) is 2.95. The van der Waals surface area contributed by atoms with Crippen LogP contribution in [-0.2, 0) is 16.0 Å². The number of carbonyl (C=O) groups excluding carboxylic acids is 2. The van der Waals surface area contributed by atoms with E-state index in [2.05, 4.69) is 17.4 Å². The zero-order valence-electron chi connectivity index (χ0n) is 21.9. The zero-order chi connectivity index (χ0) is 27.2. The van der Waals surface area contributed by atoms with Crippen LogP contribution in [0.2, 0.25) is 0 Å². The molecule has 1 aliphatic carbocycles. The second-order valence-electron chi connectivity index (χ2n) is 9.83. The molecule has 200 valence electrons. The number of nitrogens with one attached hydrogen (secondary N) is 1. The maximum atomic E-state index is 12.6. The van der Waals surface area contributed by atoms with Crippen molar-refractivity contribution in [3.05, 3.63) is 96.1 Å². The number of hydrogen-bond donors (Lipinski definition) is 2. The van der Waals surface area contributed by atoms with E-state index < -0.39 is 5.97 Å². The smallest absolute Gasteiger partial charge is 0.339 e. The van der Waals surface area contributed by atoms with Crippen LogP contribution < -0.4 is 20.5 Å². The number of fused-ring (bicyclic) bond motifs is 1. The summed E-state index contributed by atoms with van der Waals surface area (Å²) in [6.45, 7) is 0. The normalized spacial score (nSPS) is 16.9. The highest BCUT2D eigenvalue weighted by Gasteiger charge is 2.20. The summed E-state index contributed by atoms with van der Waals surface area (Å²) in [5, 5.41) is 4.94. The van der Waals surface area contributed by atoms with E-state index in [-0.39, 0.29) is 18.4 Å². The first-order valence-electron chi connectivity index (χ1n) is 13.2. The molecule has 0 radical (unpaired) electrons. The van der Waals surface area contributed by atoms with Crippen molar-refractivity contribution in [3.8, 4) is 17.2 Å². The topological polar surface area (TPSA) is 99.9 Å². The Kier molecular flexibility index (Phi) is 8.08. The van der Waals surface area contributed by atoms with E-state index in [9.17, 15) is 9.59 Å². The van der Waals surface area contributed by atoms with Crippen molar-refractivity contribution in [3.63, 3.8) is 0 Å². The van der Waals surface area contributed by atoms with Crippen LogP contribution in [0.1, 0.15) is 41.6 Å². The second-order valence-corrected chi connectivity index (χ2v) is 9.83. The van der Waals surface area contributed by atoms with Crippen molar-refractivity contribution in [2.24, 2.45) is 5.73 Å². The van der Waals surface area contributed by atoms with Crippen LogP contribution in [0.25, 0.3) is 10.8 Å². The van der Waals surface area contributed by atoms with E-state index in [0.717, 1.165) is 47.8 Å². The molecule has 0 atom stereocenters. The molecule has 0 heterocycles. The van der Waals surface area contributed by atoms with Crippen LogP contribution in [0, 0.1) is 0 Å². The quantitative estimate of drug-likeness (QED) is 0.264. The minimum atomic E-state index is -0.501. The number of hydrogen-bond acceptors (Lipinski definition) is 6. The third kappa shape index (κ3) is 6.75. The number of esters is 1. The molecule has 0 aromatic heterocycles. The summed E-state index contributed by atoms with van der Waals surface area (Å²) in [5.74, 6) is 1.51. The van der Waals surface area contributed by atoms with Crippen LogP contribution in [0.4, 0.5) is 5.69 Å². The first-order valence-corrected chi connectivity index (χ1v) is 13.2. The van der Waals surface area contributed by atoms with E-state index in [1.165, 1.54) is 7.11 Å². The molecule has 3 N–H and O–H groups in total. The van der Waals surface area contributed by atoms with E-state index in [4.69, 9.17) is 19.9 Å². The standard InChI is InChI=1S/C32H32N2O5/c1-37-32(36)29-4-2-3-5-30(29)34-31(35)18-21-6-12-25(13-7-21)38-27-14-8-22-9-15-28(20-23(22)19-27)39-26-16-10-24(33)11-17-26/h2-9,12-15,19-20,24,26H,10-11,16-18,33H2,1H3,(H,34,35). The molecular weight excluding hydrogens is 492 g/mol. The number of nitrogens with two attached hydrogens (primary N) is 1. The zero-order valence-corrected chi connectivity index (χ0v) is 21.9. The molecule has 1 amide bonds. The molecule has 4 aromatic rings. The average molecular weight is 525 g/mol. The number of carbonyl (C=O) groups is 2. The summed E-state index contributed by atoms with van der Waals surface area (Å²) in [7, 11) is 1.31. The molecule has 0 aliphatic heterocycles. The maximum Gasteiger partial charge on any atom is 0.339 e. The number of rotatable bonds is 8. The van der Waals surface area contributed by atoms with Crippen molar-refractivity contribution in [1.29, 1.82) is 0 Å². The van der Waals surface area contributed by atoms with Gasteiger partial charge in [0.1, 0.15) is 17.2 Å². The maximum absolute atomic E-state index is 12.6. The molecular formula is C32H32N2O5. The van der Waals surface area contributed by atoms with Crippen molar-refractivity contribution < 1.29 is 23.8 Å². The number of para-hydroxylation sites is 1. The fourth-order valence-corrected chi connectivity index (χ4v) is 4.81. The Bertz CT molecular complexity index is 1460. The van der Waals surface area contributed by atoms with Crippen LogP contribution in [0.15, 0.2) is 84.9 Å². The number of anilines is 1. The largest absolute Gasteiger partial charge is 0.490 e. The van der Waals surface area contributed by atoms with Gasteiger partial charge in [-0.1, -0.05) is 36.4 Å². The van der Waals surface area contributed by atoms with Crippen LogP contribution in [-0.4, -0.2) is 31.1 Å². The summed E-state index contributed by atoms with van der Waals surface area (Å²) < 4.78 is 17.1. The third-order valence-corrected chi connectivity index (χ3v) is 6.93. The Morgan fingerprint density at radius 3 is 2.23 bits per heavy atom. The first kappa shape index (κ1) is 26.3. The number of ether oxygens (including phenoxy) is 3. The minimum absolute atomic E-state index is 0.154. The highest BCUT2D eigenvalue weighted by molar-refractivity contribution is 6.01. The summed E-state index contributed by atoms with van der Waals surface area (Å²) in [4.78, 5) is 24.5. The molecule has 1 aliphatic rings. The minimum Gasteiger partial charge on any atom is -0.490 e. The summed E-state index contributed by atoms with van der Waals surface area (Å²) in [6, 6.07) is 26.5. The lowest BCUT2D eigenvalue weighted by atomic mass is 9.94. The number of amides is 1. The fourth-order valence-electron chi connectivity index (χ4n) is 4.81. The van der Waals surface area contributed by atoms with Gasteiger partial charge in [0.15, 0.2) is 0 Å². The van der Waals surface area contributed by atoms with Gasteiger partial charge in [0.05, 0.1) is 30.9 Å². The molecule has 5 rings (SSSR count). The SMILES string of the molecule is COC(=O)c1ccccc1NC(=O)Cc1ccc(Oc2ccc3ccc(OC4CCC(N)CC4)cc3c2)cc1. The number of methoxy groups -OCH3 is 1. The summed E-state index contributed by atoms with van der Waals surface area (Å²) >= 11 is 0. The van der Waals surface area contributed by atoms with Gasteiger partial charge in [-0.15, -0.1) is 0 Å². The van der Waals surface area contributed by atoms with Crippen molar-refractivity contribution >= 4 is 28.3 Å². The Labute approximate surface area is 227 Å². The molecule has 0 bridgehead atoms. The number of benzene rings is 4. The second kappa shape index (κ2) is 12.0. The molecule has 7 heteroatoms. The Morgan fingerprint density at radius 2 is 1.49 bits per heavy atom. The molecule has 39 heavy (non-hydrogen) atoms. The first-order chi connectivity index (χ1) is 19.0. The van der Waals surface area contributed by atoms with Crippen molar-refractivity contribution in [2.75, 3.05) is 12.4 Å². The Balaban J connectivity index is 1.20. The van der Waals surface area contributed by atoms with Gasteiger partial charge >= 0.3 is 5.97 Å². The van der Waals surface area contributed by atoms with Gasteiger partial charge in [0.25, 0.3) is 0 Å². The van der Waals surface area contributed by atoms with Gasteiger partial charge in [-0.3, -0.25) is 4.79 Å². The Morgan fingerprint density at radius 1 is 0.821 bits per heavy atom. The monoisotopic (exact) mass is 524 g/mol. The van der Waals surface area contributed by atoms with E-state index in [0.29, 0.717) is 28.8 Å². The molecule has 0 saturated heterocycles. The van der Waals surface area contributed by atoms with Crippen LogP contribution >= 0.6 is 0 Å². The molecule has 1 saturated carbocycles. The Hall–Kier alpha value is -4.36. The summed E-state index contributed by atoms with van der Waals surface area (Å²) in [5.41, 5.74) is 7.57. The highest BCUT2D eigenvalue weighted by Crippen LogP contribution is 2.30. The molecule has 1 fully saturated rings. The van der Waals surface area contributed by atoms with Gasteiger partial charge in [0.2, 0.25) is 5.91 Å². The summed E-state index contributed by atoms with van der Waals surface area (Å²) in [6.07, 6.45) is 4.35. The lowest BCUT2D eigenvalue weighted by Crippen LogP contribution is -2.31. The van der Waals surface area contributed by atoms with Gasteiger partial charge < -0.3 is 25.3 Å².